The van der Waals surface area contributed by atoms with Crippen molar-refractivity contribution in [3.05, 3.63) is 35.4 Å². The van der Waals surface area contributed by atoms with Crippen LogP contribution < -0.4 is 0 Å². The van der Waals surface area contributed by atoms with Crippen molar-refractivity contribution < 1.29 is 9.66 Å². The normalized spacial score (nSPS) is 12.3. The molecule has 0 bridgehead atoms. The third kappa shape index (κ3) is 9.29. The predicted octanol–water partition coefficient (Wildman–Crippen LogP) is 2.72. The summed E-state index contributed by atoms with van der Waals surface area (Å²) in [4.78, 5) is 2.27. The fraction of sp³-hybridized carbons (Fsp3) is 0.632. The van der Waals surface area contributed by atoms with Crippen LogP contribution in [-0.4, -0.2) is 52.3 Å². The van der Waals surface area contributed by atoms with Crippen molar-refractivity contribution in [1.29, 1.82) is 5.26 Å². The number of aliphatic hydroxyl groups excluding tert-OH is 1. The number of hydrogen-bond acceptors (Lipinski definition) is 4. The van der Waals surface area contributed by atoms with E-state index >= 15 is 0 Å². The molecule has 1 N–H and O–H groups in total. The molecule has 1 rings (SSSR count). The van der Waals surface area contributed by atoms with E-state index in [0.717, 1.165) is 56.7 Å². The topological polar surface area (TPSA) is 70.3 Å². The minimum absolute atomic E-state index is 0.174. The van der Waals surface area contributed by atoms with Gasteiger partial charge in [-0.05, 0) is 49.9 Å². The Hall–Kier alpha value is -1.06. The maximum Gasteiger partial charge on any atom is 0.106 e. The van der Waals surface area contributed by atoms with E-state index in [4.69, 9.17) is 5.26 Å². The van der Waals surface area contributed by atoms with Crippen LogP contribution in [0, 0.1) is 11.3 Å². The lowest BCUT2D eigenvalue weighted by Gasteiger charge is -2.21. The van der Waals surface area contributed by atoms with Gasteiger partial charge in [0.05, 0.1) is 18.2 Å². The minimum atomic E-state index is -0.688. The van der Waals surface area contributed by atoms with E-state index in [2.05, 4.69) is 17.9 Å². The number of hydrogen-bond donors (Lipinski definition) is 1. The predicted molar refractivity (Wildman–Crippen MR) is 100 cm³/mol. The molecule has 4 nitrogen and oxygen atoms in total. The lowest BCUT2D eigenvalue weighted by Crippen LogP contribution is -2.30. The summed E-state index contributed by atoms with van der Waals surface area (Å²) >= 11 is -0.688. The summed E-state index contributed by atoms with van der Waals surface area (Å²) in [5, 5.41) is 18.0. The molecule has 0 aromatic heterocycles. The molecule has 0 amide bonds. The van der Waals surface area contributed by atoms with Gasteiger partial charge >= 0.3 is 0 Å². The van der Waals surface area contributed by atoms with Crippen LogP contribution in [-0.2, 0) is 17.6 Å². The largest absolute Gasteiger partial charge is 0.616 e. The number of rotatable bonds is 13. The molecule has 0 aliphatic carbocycles. The smallest absolute Gasteiger partial charge is 0.106 e. The zero-order chi connectivity index (χ0) is 17.6. The van der Waals surface area contributed by atoms with Crippen LogP contribution in [0.3, 0.4) is 0 Å². The minimum Gasteiger partial charge on any atom is -0.616 e. The summed E-state index contributed by atoms with van der Waals surface area (Å²) < 4.78 is 11.7. The van der Waals surface area contributed by atoms with Crippen LogP contribution >= 0.6 is 0 Å². The summed E-state index contributed by atoms with van der Waals surface area (Å²) in [5.41, 5.74) is 1.96. The Morgan fingerprint density at radius 2 is 1.79 bits per heavy atom. The lowest BCUT2D eigenvalue weighted by atomic mass is 10.1. The molecule has 1 aromatic rings. The number of nitrogens with zero attached hydrogens (tertiary/aromatic N) is 2. The van der Waals surface area contributed by atoms with Gasteiger partial charge in [0.25, 0.3) is 0 Å². The molecular weight excluding hydrogens is 320 g/mol. The van der Waals surface area contributed by atoms with Gasteiger partial charge in [-0.15, -0.1) is 0 Å². The summed E-state index contributed by atoms with van der Waals surface area (Å²) in [6.07, 6.45) is 5.09. The van der Waals surface area contributed by atoms with Crippen LogP contribution in [0.1, 0.15) is 43.7 Å². The van der Waals surface area contributed by atoms with Gasteiger partial charge in [0.1, 0.15) is 11.5 Å². The van der Waals surface area contributed by atoms with E-state index in [1.165, 1.54) is 5.56 Å². The van der Waals surface area contributed by atoms with Crippen LogP contribution in [0.4, 0.5) is 0 Å². The molecule has 0 aliphatic heterocycles. The molecule has 0 fully saturated rings. The molecule has 0 saturated carbocycles. The van der Waals surface area contributed by atoms with Gasteiger partial charge in [-0.2, -0.15) is 5.26 Å². The van der Waals surface area contributed by atoms with Gasteiger partial charge in [0.15, 0.2) is 0 Å². The molecule has 0 aliphatic rings. The second-order valence-corrected chi connectivity index (χ2v) is 7.73. The highest BCUT2D eigenvalue weighted by Gasteiger charge is 2.08. The quantitative estimate of drug-likeness (QED) is 0.439. The average molecular weight is 351 g/mol. The van der Waals surface area contributed by atoms with Gasteiger partial charge in [0, 0.05) is 19.5 Å². The Morgan fingerprint density at radius 3 is 2.42 bits per heavy atom. The van der Waals surface area contributed by atoms with Crippen LogP contribution in [0.25, 0.3) is 0 Å². The third-order valence-electron chi connectivity index (χ3n) is 3.97. The number of benzene rings is 1. The van der Waals surface area contributed by atoms with Crippen molar-refractivity contribution in [2.24, 2.45) is 0 Å². The van der Waals surface area contributed by atoms with Gasteiger partial charge < -0.3 is 14.6 Å². The monoisotopic (exact) mass is 350 g/mol. The highest BCUT2D eigenvalue weighted by Crippen LogP contribution is 2.08. The first-order valence-corrected chi connectivity index (χ1v) is 10.4. The SMILES string of the molecule is CCC[S+]([O-])CCCN(CCO)CCCCc1ccc(C#N)cc1. The van der Waals surface area contributed by atoms with Crippen molar-refractivity contribution in [1.82, 2.24) is 4.90 Å². The maximum atomic E-state index is 11.7. The molecule has 0 spiro atoms. The van der Waals surface area contributed by atoms with Gasteiger partial charge in [-0.1, -0.05) is 30.2 Å². The van der Waals surface area contributed by atoms with Gasteiger partial charge in [0.2, 0.25) is 0 Å². The molecule has 0 radical (unpaired) electrons. The Kier molecular flexibility index (Phi) is 11.6. The lowest BCUT2D eigenvalue weighted by molar-refractivity contribution is 0.194. The average Bonchev–Trinajstić information content (AvgIpc) is 2.59. The molecule has 134 valence electrons. The Bertz CT molecular complexity index is 473. The van der Waals surface area contributed by atoms with Crippen molar-refractivity contribution in [3.8, 4) is 6.07 Å². The zero-order valence-electron chi connectivity index (χ0n) is 14.7. The third-order valence-corrected chi connectivity index (χ3v) is 5.57. The summed E-state index contributed by atoms with van der Waals surface area (Å²) in [6.45, 7) is 4.80. The molecular formula is C19H30N2O2S. The Labute approximate surface area is 149 Å². The van der Waals surface area contributed by atoms with Crippen LogP contribution in [0.2, 0.25) is 0 Å². The Balaban J connectivity index is 2.21. The summed E-state index contributed by atoms with van der Waals surface area (Å²) in [6, 6.07) is 9.91. The second-order valence-electron chi connectivity index (χ2n) is 6.03. The number of nitriles is 1. The first kappa shape index (κ1) is 21.0. The maximum absolute atomic E-state index is 11.7. The highest BCUT2D eigenvalue weighted by molar-refractivity contribution is 7.91. The van der Waals surface area contributed by atoms with Crippen molar-refractivity contribution in [2.75, 3.05) is 37.7 Å². The number of aryl methyl sites for hydroxylation is 1. The first-order chi connectivity index (χ1) is 11.7. The van der Waals surface area contributed by atoms with Crippen molar-refractivity contribution in [2.45, 2.75) is 39.0 Å². The molecule has 1 unspecified atom stereocenters. The molecule has 1 aromatic carbocycles. The summed E-state index contributed by atoms with van der Waals surface area (Å²) in [5.74, 6) is 1.56. The number of aliphatic hydroxyl groups is 1. The van der Waals surface area contributed by atoms with Gasteiger partial charge in [-0.25, -0.2) is 0 Å². The van der Waals surface area contributed by atoms with Crippen molar-refractivity contribution in [3.63, 3.8) is 0 Å². The summed E-state index contributed by atoms with van der Waals surface area (Å²) in [7, 11) is 0. The van der Waals surface area contributed by atoms with Crippen LogP contribution in [0.15, 0.2) is 24.3 Å². The number of unbranched alkanes of at least 4 members (excludes halogenated alkanes) is 1. The molecule has 1 atom stereocenters. The molecule has 0 heterocycles. The van der Waals surface area contributed by atoms with E-state index < -0.39 is 11.2 Å². The standard InChI is InChI=1S/C19H30N2O2S/c1-2-15-24(23)16-5-12-21(13-14-22)11-4-3-6-18-7-9-19(17-20)10-8-18/h7-10,22H,2-6,11-16H2,1H3. The first-order valence-electron chi connectivity index (χ1n) is 8.86. The molecule has 24 heavy (non-hydrogen) atoms. The molecule has 5 heteroatoms. The Morgan fingerprint density at radius 1 is 1.08 bits per heavy atom. The van der Waals surface area contributed by atoms with Crippen molar-refractivity contribution >= 4 is 11.2 Å². The van der Waals surface area contributed by atoms with E-state index in [1.54, 1.807) is 0 Å². The molecule has 0 saturated heterocycles. The van der Waals surface area contributed by atoms with Crippen LogP contribution in [0.5, 0.6) is 0 Å². The fourth-order valence-corrected chi connectivity index (χ4v) is 3.78. The second kappa shape index (κ2) is 13.3. The van der Waals surface area contributed by atoms with E-state index in [9.17, 15) is 9.66 Å². The van der Waals surface area contributed by atoms with E-state index in [-0.39, 0.29) is 6.61 Å². The van der Waals surface area contributed by atoms with E-state index in [1.807, 2.05) is 24.3 Å². The van der Waals surface area contributed by atoms with E-state index in [0.29, 0.717) is 12.1 Å². The van der Waals surface area contributed by atoms with Gasteiger partial charge in [-0.3, -0.25) is 0 Å². The fourth-order valence-electron chi connectivity index (χ4n) is 2.67. The highest BCUT2D eigenvalue weighted by atomic mass is 32.2. The zero-order valence-corrected chi connectivity index (χ0v) is 15.6.